The van der Waals surface area contributed by atoms with Crippen LogP contribution in [-0.4, -0.2) is 56.7 Å². The van der Waals surface area contributed by atoms with E-state index in [2.05, 4.69) is 5.32 Å². The van der Waals surface area contributed by atoms with Crippen LogP contribution in [0, 0.1) is 0 Å². The zero-order valence-corrected chi connectivity index (χ0v) is 7.79. The van der Waals surface area contributed by atoms with E-state index in [4.69, 9.17) is 10.5 Å². The third kappa shape index (κ3) is 3.71. The lowest BCUT2D eigenvalue weighted by Crippen LogP contribution is -2.47. The van der Waals surface area contributed by atoms with Gasteiger partial charge in [-0.05, 0) is 0 Å². The number of hydrogen-bond donors (Lipinski definition) is 2. The number of nitrogens with one attached hydrogen (secondary N) is 1. The van der Waals surface area contributed by atoms with Crippen LogP contribution >= 0.6 is 0 Å². The van der Waals surface area contributed by atoms with Crippen LogP contribution in [0.4, 0.5) is 0 Å². The molecule has 76 valence electrons. The first-order valence-corrected chi connectivity index (χ1v) is 4.61. The van der Waals surface area contributed by atoms with E-state index in [0.29, 0.717) is 13.2 Å². The smallest absolute Gasteiger partial charge is 0.248 e. The van der Waals surface area contributed by atoms with Crippen molar-refractivity contribution in [1.82, 2.24) is 10.2 Å². The summed E-state index contributed by atoms with van der Waals surface area (Å²) in [5, 5.41) is 3.18. The quantitative estimate of drug-likeness (QED) is 0.520. The average Bonchev–Trinajstić information content (AvgIpc) is 2.19. The summed E-state index contributed by atoms with van der Waals surface area (Å²) < 4.78 is 5.06. The minimum absolute atomic E-state index is 0.0648. The van der Waals surface area contributed by atoms with Gasteiger partial charge in [-0.15, -0.1) is 0 Å². The highest BCUT2D eigenvalue weighted by molar-refractivity contribution is 5.77. The zero-order valence-electron chi connectivity index (χ0n) is 7.79. The lowest BCUT2D eigenvalue weighted by atomic mass is 10.3. The molecule has 1 amide bonds. The SMILES string of the molecule is NCCOCC(=O)N1CCNCC1. The Balaban J connectivity index is 2.13. The van der Waals surface area contributed by atoms with Gasteiger partial charge in [-0.3, -0.25) is 4.79 Å². The molecule has 0 saturated carbocycles. The molecule has 0 aromatic rings. The molecule has 1 aliphatic rings. The Morgan fingerprint density at radius 2 is 2.15 bits per heavy atom. The van der Waals surface area contributed by atoms with E-state index in [-0.39, 0.29) is 12.5 Å². The van der Waals surface area contributed by atoms with Crippen molar-refractivity contribution in [2.24, 2.45) is 5.73 Å². The van der Waals surface area contributed by atoms with Crippen molar-refractivity contribution >= 4 is 5.91 Å². The van der Waals surface area contributed by atoms with Gasteiger partial charge in [0.1, 0.15) is 6.61 Å². The maximum absolute atomic E-state index is 11.4. The van der Waals surface area contributed by atoms with E-state index >= 15 is 0 Å². The summed E-state index contributed by atoms with van der Waals surface area (Å²) >= 11 is 0. The molecule has 5 nitrogen and oxygen atoms in total. The third-order valence-electron chi connectivity index (χ3n) is 1.96. The van der Waals surface area contributed by atoms with E-state index < -0.39 is 0 Å². The Bertz CT molecular complexity index is 157. The molecule has 0 unspecified atom stereocenters. The lowest BCUT2D eigenvalue weighted by molar-refractivity contribution is -0.136. The summed E-state index contributed by atoms with van der Waals surface area (Å²) in [6.45, 7) is 4.41. The van der Waals surface area contributed by atoms with Crippen molar-refractivity contribution in [3.05, 3.63) is 0 Å². The molecule has 0 radical (unpaired) electrons. The predicted molar refractivity (Wildman–Crippen MR) is 49.3 cm³/mol. The van der Waals surface area contributed by atoms with E-state index in [1.54, 1.807) is 0 Å². The van der Waals surface area contributed by atoms with Gasteiger partial charge in [0.15, 0.2) is 0 Å². The van der Waals surface area contributed by atoms with Gasteiger partial charge in [0.05, 0.1) is 6.61 Å². The number of nitrogens with two attached hydrogens (primary N) is 1. The van der Waals surface area contributed by atoms with Crippen LogP contribution in [-0.2, 0) is 9.53 Å². The number of hydrogen-bond acceptors (Lipinski definition) is 4. The van der Waals surface area contributed by atoms with Crippen LogP contribution in [0.25, 0.3) is 0 Å². The third-order valence-corrected chi connectivity index (χ3v) is 1.96. The molecule has 0 bridgehead atoms. The standard InChI is InChI=1S/C8H17N3O2/c9-1-6-13-7-8(12)11-4-2-10-3-5-11/h10H,1-7,9H2. The first-order chi connectivity index (χ1) is 6.34. The molecule has 5 heteroatoms. The lowest BCUT2D eigenvalue weighted by Gasteiger charge is -2.27. The second kappa shape index (κ2) is 5.90. The average molecular weight is 187 g/mol. The van der Waals surface area contributed by atoms with Crippen molar-refractivity contribution in [3.63, 3.8) is 0 Å². The molecule has 3 N–H and O–H groups in total. The Morgan fingerprint density at radius 1 is 1.46 bits per heavy atom. The predicted octanol–water partition coefficient (Wildman–Crippen LogP) is -1.61. The maximum atomic E-state index is 11.4. The summed E-state index contributed by atoms with van der Waals surface area (Å²) in [5.74, 6) is 0.0648. The van der Waals surface area contributed by atoms with Gasteiger partial charge in [-0.2, -0.15) is 0 Å². The number of piperazine rings is 1. The molecule has 1 aliphatic heterocycles. The minimum Gasteiger partial charge on any atom is -0.370 e. The molecular weight excluding hydrogens is 170 g/mol. The van der Waals surface area contributed by atoms with Crippen LogP contribution in [0.15, 0.2) is 0 Å². The van der Waals surface area contributed by atoms with E-state index in [1.807, 2.05) is 4.90 Å². The van der Waals surface area contributed by atoms with Gasteiger partial charge in [-0.1, -0.05) is 0 Å². The summed E-state index contributed by atoms with van der Waals surface area (Å²) in [6, 6.07) is 0. The van der Waals surface area contributed by atoms with Crippen molar-refractivity contribution in [2.75, 3.05) is 45.9 Å². The molecule has 0 spiro atoms. The molecule has 1 saturated heterocycles. The van der Waals surface area contributed by atoms with Crippen LogP contribution in [0.5, 0.6) is 0 Å². The second-order valence-corrected chi connectivity index (χ2v) is 2.97. The Morgan fingerprint density at radius 3 is 2.77 bits per heavy atom. The fourth-order valence-corrected chi connectivity index (χ4v) is 1.25. The fraction of sp³-hybridized carbons (Fsp3) is 0.875. The summed E-state index contributed by atoms with van der Waals surface area (Å²) in [6.07, 6.45) is 0. The van der Waals surface area contributed by atoms with Crippen molar-refractivity contribution in [3.8, 4) is 0 Å². The van der Waals surface area contributed by atoms with Gasteiger partial charge < -0.3 is 20.7 Å². The van der Waals surface area contributed by atoms with Crippen molar-refractivity contribution in [1.29, 1.82) is 0 Å². The Hall–Kier alpha value is -0.650. The first kappa shape index (κ1) is 10.4. The molecule has 1 fully saturated rings. The van der Waals surface area contributed by atoms with Gasteiger partial charge in [-0.25, -0.2) is 0 Å². The van der Waals surface area contributed by atoms with E-state index in [1.165, 1.54) is 0 Å². The summed E-state index contributed by atoms with van der Waals surface area (Å²) in [7, 11) is 0. The Labute approximate surface area is 78.2 Å². The summed E-state index contributed by atoms with van der Waals surface area (Å²) in [5.41, 5.74) is 5.23. The fourth-order valence-electron chi connectivity index (χ4n) is 1.25. The monoisotopic (exact) mass is 187 g/mol. The largest absolute Gasteiger partial charge is 0.370 e. The number of ether oxygens (including phenoxy) is 1. The molecule has 0 atom stereocenters. The highest BCUT2D eigenvalue weighted by atomic mass is 16.5. The molecule has 0 aromatic carbocycles. The maximum Gasteiger partial charge on any atom is 0.248 e. The molecule has 1 heterocycles. The van der Waals surface area contributed by atoms with Crippen molar-refractivity contribution < 1.29 is 9.53 Å². The van der Waals surface area contributed by atoms with Crippen LogP contribution in [0.3, 0.4) is 0 Å². The topological polar surface area (TPSA) is 67.6 Å². The molecule has 0 aromatic heterocycles. The number of rotatable bonds is 4. The molecule has 1 rings (SSSR count). The van der Waals surface area contributed by atoms with Gasteiger partial charge >= 0.3 is 0 Å². The number of nitrogens with zero attached hydrogens (tertiary/aromatic N) is 1. The van der Waals surface area contributed by atoms with Crippen molar-refractivity contribution in [2.45, 2.75) is 0 Å². The highest BCUT2D eigenvalue weighted by Crippen LogP contribution is 1.93. The normalized spacial score (nSPS) is 17.5. The zero-order chi connectivity index (χ0) is 9.52. The number of carbonyl (C=O) groups excluding carboxylic acids is 1. The highest BCUT2D eigenvalue weighted by Gasteiger charge is 2.15. The van der Waals surface area contributed by atoms with Crippen LogP contribution in [0.1, 0.15) is 0 Å². The number of amides is 1. The molecule has 0 aliphatic carbocycles. The van der Waals surface area contributed by atoms with Gasteiger partial charge in [0.2, 0.25) is 5.91 Å². The van der Waals surface area contributed by atoms with Crippen LogP contribution in [0.2, 0.25) is 0 Å². The van der Waals surface area contributed by atoms with Gasteiger partial charge in [0, 0.05) is 32.7 Å². The van der Waals surface area contributed by atoms with E-state index in [9.17, 15) is 4.79 Å². The second-order valence-electron chi connectivity index (χ2n) is 2.97. The van der Waals surface area contributed by atoms with Crippen LogP contribution < -0.4 is 11.1 Å². The molecule has 13 heavy (non-hydrogen) atoms. The minimum atomic E-state index is 0.0648. The van der Waals surface area contributed by atoms with E-state index in [0.717, 1.165) is 26.2 Å². The van der Waals surface area contributed by atoms with Gasteiger partial charge in [0.25, 0.3) is 0 Å². The Kier molecular flexibility index (Phi) is 4.74. The molecular formula is C8H17N3O2. The first-order valence-electron chi connectivity index (χ1n) is 4.61. The summed E-state index contributed by atoms with van der Waals surface area (Å²) in [4.78, 5) is 13.2. The number of carbonyl (C=O) groups is 1.